The van der Waals surface area contributed by atoms with E-state index in [1.165, 1.54) is 16.8 Å². The third-order valence-electron chi connectivity index (χ3n) is 3.19. The molecule has 2 atom stereocenters. The molecule has 0 radical (unpaired) electrons. The van der Waals surface area contributed by atoms with Crippen LogP contribution in [0.2, 0.25) is 0 Å². The van der Waals surface area contributed by atoms with Gasteiger partial charge in [-0.25, -0.2) is 0 Å². The van der Waals surface area contributed by atoms with E-state index in [4.69, 9.17) is 5.73 Å². The van der Waals surface area contributed by atoms with Gasteiger partial charge in [-0.3, -0.25) is 0 Å². The molecule has 1 aliphatic heterocycles. The minimum atomic E-state index is 0.285. The van der Waals surface area contributed by atoms with E-state index < -0.39 is 0 Å². The van der Waals surface area contributed by atoms with Crippen LogP contribution in [0.1, 0.15) is 37.3 Å². The summed E-state index contributed by atoms with van der Waals surface area (Å²) in [7, 11) is 0. The first kappa shape index (κ1) is 10.5. The van der Waals surface area contributed by atoms with Crippen LogP contribution in [0.25, 0.3) is 0 Å². The molecule has 0 saturated heterocycles. The van der Waals surface area contributed by atoms with Crippen LogP contribution in [0.3, 0.4) is 0 Å². The molecular formula is C13H20N2. The highest BCUT2D eigenvalue weighted by molar-refractivity contribution is 5.63. The Balaban J connectivity index is 2.27. The Morgan fingerprint density at radius 2 is 2.33 bits per heavy atom. The van der Waals surface area contributed by atoms with Crippen LogP contribution < -0.4 is 11.1 Å². The van der Waals surface area contributed by atoms with Gasteiger partial charge in [0.05, 0.1) is 0 Å². The maximum absolute atomic E-state index is 5.87. The maximum Gasteiger partial charge on any atom is 0.0408 e. The van der Waals surface area contributed by atoms with Crippen LogP contribution in [0.5, 0.6) is 0 Å². The molecule has 15 heavy (non-hydrogen) atoms. The number of benzene rings is 1. The molecule has 0 saturated carbocycles. The third kappa shape index (κ3) is 2.00. The summed E-state index contributed by atoms with van der Waals surface area (Å²) in [6.07, 6.45) is 2.17. The summed E-state index contributed by atoms with van der Waals surface area (Å²) >= 11 is 0. The number of aryl methyl sites for hydroxylation is 1. The van der Waals surface area contributed by atoms with E-state index >= 15 is 0 Å². The average molecular weight is 204 g/mol. The van der Waals surface area contributed by atoms with E-state index in [9.17, 15) is 0 Å². The Morgan fingerprint density at radius 3 is 3.00 bits per heavy atom. The SMILES string of the molecule is CCc1cccc2c1NCC2CC(C)N. The van der Waals surface area contributed by atoms with Crippen molar-refractivity contribution in [2.75, 3.05) is 11.9 Å². The summed E-state index contributed by atoms with van der Waals surface area (Å²) in [5.41, 5.74) is 10.1. The minimum absolute atomic E-state index is 0.285. The molecule has 0 spiro atoms. The monoisotopic (exact) mass is 204 g/mol. The fraction of sp³-hybridized carbons (Fsp3) is 0.538. The number of para-hydroxylation sites is 1. The lowest BCUT2D eigenvalue weighted by Gasteiger charge is -2.13. The lowest BCUT2D eigenvalue weighted by Crippen LogP contribution is -2.19. The Bertz CT molecular complexity index is 344. The number of rotatable bonds is 3. The Labute approximate surface area is 91.9 Å². The van der Waals surface area contributed by atoms with Gasteiger partial charge in [-0.15, -0.1) is 0 Å². The standard InChI is InChI=1S/C13H20N2/c1-3-10-5-4-6-12-11(7-9(2)14)8-15-13(10)12/h4-6,9,11,15H,3,7-8,14H2,1-2H3. The summed E-state index contributed by atoms with van der Waals surface area (Å²) in [4.78, 5) is 0. The molecular weight excluding hydrogens is 184 g/mol. The van der Waals surface area contributed by atoms with Crippen LogP contribution in [-0.2, 0) is 6.42 Å². The van der Waals surface area contributed by atoms with E-state index in [0.29, 0.717) is 5.92 Å². The smallest absolute Gasteiger partial charge is 0.0408 e. The maximum atomic E-state index is 5.87. The highest BCUT2D eigenvalue weighted by atomic mass is 14.9. The van der Waals surface area contributed by atoms with Crippen LogP contribution in [0.4, 0.5) is 5.69 Å². The number of hydrogen-bond donors (Lipinski definition) is 2. The second-order valence-electron chi connectivity index (χ2n) is 4.53. The van der Waals surface area contributed by atoms with Crippen LogP contribution in [-0.4, -0.2) is 12.6 Å². The average Bonchev–Trinajstić information content (AvgIpc) is 2.61. The Kier molecular flexibility index (Phi) is 2.96. The summed E-state index contributed by atoms with van der Waals surface area (Å²) in [5.74, 6) is 0.603. The summed E-state index contributed by atoms with van der Waals surface area (Å²) in [6, 6.07) is 6.90. The molecule has 2 rings (SSSR count). The van der Waals surface area contributed by atoms with Crippen molar-refractivity contribution in [3.05, 3.63) is 29.3 Å². The molecule has 2 unspecified atom stereocenters. The highest BCUT2D eigenvalue weighted by Crippen LogP contribution is 2.36. The van der Waals surface area contributed by atoms with Gasteiger partial charge in [-0.1, -0.05) is 25.1 Å². The van der Waals surface area contributed by atoms with Gasteiger partial charge in [0.2, 0.25) is 0 Å². The summed E-state index contributed by atoms with van der Waals surface area (Å²) < 4.78 is 0. The van der Waals surface area contributed by atoms with Gasteiger partial charge in [-0.2, -0.15) is 0 Å². The van der Waals surface area contributed by atoms with Crippen LogP contribution in [0, 0.1) is 0 Å². The van der Waals surface area contributed by atoms with Gasteiger partial charge in [0.25, 0.3) is 0 Å². The molecule has 0 aliphatic carbocycles. The lowest BCUT2D eigenvalue weighted by molar-refractivity contribution is 0.584. The largest absolute Gasteiger partial charge is 0.384 e. The first-order valence-electron chi connectivity index (χ1n) is 5.83. The van der Waals surface area contributed by atoms with Crippen LogP contribution in [0.15, 0.2) is 18.2 Å². The highest BCUT2D eigenvalue weighted by Gasteiger charge is 2.24. The molecule has 0 bridgehead atoms. The van der Waals surface area contributed by atoms with E-state index in [2.05, 4.69) is 37.4 Å². The third-order valence-corrected chi connectivity index (χ3v) is 3.19. The Morgan fingerprint density at radius 1 is 1.53 bits per heavy atom. The van der Waals surface area contributed by atoms with Gasteiger partial charge >= 0.3 is 0 Å². The molecule has 1 aromatic rings. The minimum Gasteiger partial charge on any atom is -0.384 e. The van der Waals surface area contributed by atoms with Crippen molar-refractivity contribution < 1.29 is 0 Å². The predicted molar refractivity (Wildman–Crippen MR) is 65.3 cm³/mol. The molecule has 1 heterocycles. The normalized spacial score (nSPS) is 20.9. The van der Waals surface area contributed by atoms with Crippen molar-refractivity contribution in [2.24, 2.45) is 5.73 Å². The molecule has 1 aromatic carbocycles. The molecule has 0 fully saturated rings. The van der Waals surface area contributed by atoms with Gasteiger partial charge < -0.3 is 11.1 Å². The molecule has 2 nitrogen and oxygen atoms in total. The molecule has 82 valence electrons. The van der Waals surface area contributed by atoms with Gasteiger partial charge in [0.15, 0.2) is 0 Å². The second kappa shape index (κ2) is 4.23. The number of hydrogen-bond acceptors (Lipinski definition) is 2. The number of nitrogens with two attached hydrogens (primary N) is 1. The zero-order valence-corrected chi connectivity index (χ0v) is 9.59. The van der Waals surface area contributed by atoms with Gasteiger partial charge in [0, 0.05) is 24.2 Å². The van der Waals surface area contributed by atoms with Crippen molar-refractivity contribution in [3.63, 3.8) is 0 Å². The van der Waals surface area contributed by atoms with Crippen molar-refractivity contribution >= 4 is 5.69 Å². The first-order valence-corrected chi connectivity index (χ1v) is 5.83. The van der Waals surface area contributed by atoms with Crippen molar-refractivity contribution in [3.8, 4) is 0 Å². The fourth-order valence-corrected chi connectivity index (χ4v) is 2.46. The summed E-state index contributed by atoms with van der Waals surface area (Å²) in [6.45, 7) is 5.34. The number of anilines is 1. The predicted octanol–water partition coefficient (Wildman–Crippen LogP) is 2.50. The van der Waals surface area contributed by atoms with Crippen molar-refractivity contribution in [1.82, 2.24) is 0 Å². The first-order chi connectivity index (χ1) is 7.22. The molecule has 0 amide bonds. The second-order valence-corrected chi connectivity index (χ2v) is 4.53. The van der Waals surface area contributed by atoms with Gasteiger partial charge in [0.1, 0.15) is 0 Å². The van der Waals surface area contributed by atoms with Crippen molar-refractivity contribution in [2.45, 2.75) is 38.6 Å². The molecule has 1 aliphatic rings. The fourth-order valence-electron chi connectivity index (χ4n) is 2.46. The molecule has 3 N–H and O–H groups in total. The zero-order chi connectivity index (χ0) is 10.8. The Hall–Kier alpha value is -1.02. The number of fused-ring (bicyclic) bond motifs is 1. The molecule has 0 aromatic heterocycles. The van der Waals surface area contributed by atoms with Crippen molar-refractivity contribution in [1.29, 1.82) is 0 Å². The van der Waals surface area contributed by atoms with E-state index in [1.54, 1.807) is 0 Å². The number of nitrogens with one attached hydrogen (secondary N) is 1. The lowest BCUT2D eigenvalue weighted by atomic mass is 9.93. The van der Waals surface area contributed by atoms with Gasteiger partial charge in [-0.05, 0) is 30.9 Å². The van der Waals surface area contributed by atoms with E-state index in [1.807, 2.05) is 0 Å². The quantitative estimate of drug-likeness (QED) is 0.794. The van der Waals surface area contributed by atoms with E-state index in [0.717, 1.165) is 19.4 Å². The van der Waals surface area contributed by atoms with Crippen LogP contribution >= 0.6 is 0 Å². The topological polar surface area (TPSA) is 38.0 Å². The zero-order valence-electron chi connectivity index (χ0n) is 9.59. The van der Waals surface area contributed by atoms with E-state index in [-0.39, 0.29) is 6.04 Å². The summed E-state index contributed by atoms with van der Waals surface area (Å²) in [5, 5.41) is 3.52. The molecule has 2 heteroatoms.